The summed E-state index contributed by atoms with van der Waals surface area (Å²) in [5.41, 5.74) is 5.67. The zero-order valence-corrected chi connectivity index (χ0v) is 20.8. The molecule has 168 valence electrons. The first-order chi connectivity index (χ1) is 16.5. The molecule has 0 saturated carbocycles. The molecule has 0 saturated heterocycles. The maximum atomic E-state index is 12.4. The first-order valence-electron chi connectivity index (χ1n) is 11.1. The molecule has 0 fully saturated rings. The summed E-state index contributed by atoms with van der Waals surface area (Å²) in [4.78, 5) is 12.4. The minimum atomic E-state index is -0.850. The zero-order valence-electron chi connectivity index (χ0n) is 18.6. The van der Waals surface area contributed by atoms with Crippen LogP contribution in [0.3, 0.4) is 0 Å². The molecule has 0 radical (unpaired) electrons. The number of carbonyl (C=O) groups is 1. The number of rotatable bonds is 6. The maximum Gasteiger partial charge on any atom is 0.311 e. The van der Waals surface area contributed by atoms with Crippen molar-refractivity contribution in [2.75, 3.05) is 0 Å². The number of hydrogen-bond donors (Lipinski definition) is 1. The molecule has 0 spiro atoms. The minimum Gasteiger partial charge on any atom is -0.481 e. The largest absolute Gasteiger partial charge is 0.481 e. The highest BCUT2D eigenvalue weighted by molar-refractivity contribution is 14.1. The molecule has 4 aromatic carbocycles. The Labute approximate surface area is 212 Å². The van der Waals surface area contributed by atoms with Gasteiger partial charge in [-0.25, -0.2) is 4.68 Å². The monoisotopic (exact) mass is 558 g/mol. The zero-order chi connectivity index (χ0) is 23.7. The van der Waals surface area contributed by atoms with Gasteiger partial charge in [-0.3, -0.25) is 4.79 Å². The minimum absolute atomic E-state index is 0.305. The average Bonchev–Trinajstić information content (AvgIpc) is 3.27. The van der Waals surface area contributed by atoms with E-state index in [9.17, 15) is 9.90 Å². The second-order valence-electron chi connectivity index (χ2n) is 8.44. The van der Waals surface area contributed by atoms with Crippen molar-refractivity contribution in [1.82, 2.24) is 9.78 Å². The van der Waals surface area contributed by atoms with Crippen LogP contribution in [-0.4, -0.2) is 20.9 Å². The summed E-state index contributed by atoms with van der Waals surface area (Å²) < 4.78 is 3.06. The Morgan fingerprint density at radius 1 is 0.941 bits per heavy atom. The van der Waals surface area contributed by atoms with E-state index in [0.29, 0.717) is 6.42 Å². The molecule has 1 unspecified atom stereocenters. The van der Waals surface area contributed by atoms with Gasteiger partial charge in [0.15, 0.2) is 0 Å². The number of halogens is 1. The van der Waals surface area contributed by atoms with Crippen LogP contribution in [0.25, 0.3) is 27.7 Å². The normalized spacial score (nSPS) is 12.1. The summed E-state index contributed by atoms with van der Waals surface area (Å²) in [5.74, 6) is -1.55. The maximum absolute atomic E-state index is 12.4. The molecule has 5 heteroatoms. The molecule has 4 nitrogen and oxygen atoms in total. The Morgan fingerprint density at radius 2 is 1.65 bits per heavy atom. The van der Waals surface area contributed by atoms with Crippen molar-refractivity contribution in [3.05, 3.63) is 117 Å². The van der Waals surface area contributed by atoms with E-state index in [1.54, 1.807) is 0 Å². The predicted octanol–water partition coefficient (Wildman–Crippen LogP) is 7.02. The number of carboxylic acids is 1. The number of carboxylic acid groups (broad SMARTS) is 1. The first-order valence-corrected chi connectivity index (χ1v) is 12.2. The van der Waals surface area contributed by atoms with E-state index in [4.69, 9.17) is 5.10 Å². The van der Waals surface area contributed by atoms with Crippen molar-refractivity contribution in [3.8, 4) is 16.9 Å². The van der Waals surface area contributed by atoms with Crippen LogP contribution < -0.4 is 0 Å². The molecule has 0 aliphatic carbocycles. The summed E-state index contributed by atoms with van der Waals surface area (Å²) in [7, 11) is 0. The summed E-state index contributed by atoms with van der Waals surface area (Å²) in [6.07, 6.45) is 0.305. The van der Waals surface area contributed by atoms with E-state index in [1.165, 1.54) is 5.56 Å². The van der Waals surface area contributed by atoms with Gasteiger partial charge in [-0.2, -0.15) is 5.10 Å². The highest BCUT2D eigenvalue weighted by Gasteiger charge is 2.24. The fraction of sp³-hybridized carbons (Fsp3) is 0.103. The molecular weight excluding hydrogens is 535 g/mol. The fourth-order valence-electron chi connectivity index (χ4n) is 4.33. The van der Waals surface area contributed by atoms with Gasteiger partial charge in [-0.05, 0) is 76.2 Å². The number of nitrogens with zero attached hydrogens (tertiary/aromatic N) is 2. The molecule has 5 rings (SSSR count). The number of aromatic nitrogens is 2. The van der Waals surface area contributed by atoms with Crippen LogP contribution in [0.4, 0.5) is 0 Å². The van der Waals surface area contributed by atoms with Crippen LogP contribution in [0.15, 0.2) is 97.1 Å². The predicted molar refractivity (Wildman–Crippen MR) is 144 cm³/mol. The second kappa shape index (κ2) is 9.43. The van der Waals surface area contributed by atoms with Gasteiger partial charge in [0.2, 0.25) is 0 Å². The highest BCUT2D eigenvalue weighted by Crippen LogP contribution is 2.31. The second-order valence-corrected chi connectivity index (χ2v) is 9.68. The summed E-state index contributed by atoms with van der Waals surface area (Å²) in [5, 5.41) is 17.1. The Balaban J connectivity index is 1.60. The van der Waals surface area contributed by atoms with Crippen LogP contribution in [0, 0.1) is 10.5 Å². The fourth-order valence-corrected chi connectivity index (χ4v) is 4.69. The van der Waals surface area contributed by atoms with Crippen LogP contribution in [0.5, 0.6) is 0 Å². The molecule has 1 heterocycles. The molecule has 0 aliphatic rings. The van der Waals surface area contributed by atoms with Crippen LogP contribution in [0.1, 0.15) is 22.7 Å². The van der Waals surface area contributed by atoms with Crippen molar-refractivity contribution in [1.29, 1.82) is 0 Å². The van der Waals surface area contributed by atoms with Crippen LogP contribution in [-0.2, 0) is 11.2 Å². The average molecular weight is 558 g/mol. The van der Waals surface area contributed by atoms with E-state index in [-0.39, 0.29) is 0 Å². The number of aryl methyl sites for hydroxylation is 1. The number of fused-ring (bicyclic) bond motifs is 1. The molecule has 0 bridgehead atoms. The number of aliphatic carboxylic acids is 1. The lowest BCUT2D eigenvalue weighted by molar-refractivity contribution is -0.138. The third-order valence-electron chi connectivity index (χ3n) is 6.09. The highest BCUT2D eigenvalue weighted by atomic mass is 127. The third kappa shape index (κ3) is 4.48. The van der Waals surface area contributed by atoms with Crippen molar-refractivity contribution in [2.45, 2.75) is 19.3 Å². The third-order valence-corrected chi connectivity index (χ3v) is 6.81. The van der Waals surface area contributed by atoms with Gasteiger partial charge >= 0.3 is 5.97 Å². The Bertz CT molecular complexity index is 1400. The van der Waals surface area contributed by atoms with E-state index in [0.717, 1.165) is 42.5 Å². The van der Waals surface area contributed by atoms with Crippen molar-refractivity contribution >= 4 is 39.3 Å². The standard InChI is InChI=1S/C29H23IN2O2/c1-19-9-11-21(12-10-19)28-18-23(31-32(28)24-15-13-22(30)14-16-24)17-27(29(33)34)26-8-4-6-20-5-2-3-7-25(20)26/h2-16,18,27H,17H2,1H3,(H,33,34). The van der Waals surface area contributed by atoms with Gasteiger partial charge in [0.05, 0.1) is 23.0 Å². The molecule has 5 aromatic rings. The van der Waals surface area contributed by atoms with Crippen molar-refractivity contribution in [2.24, 2.45) is 0 Å². The lowest BCUT2D eigenvalue weighted by Crippen LogP contribution is -2.15. The summed E-state index contributed by atoms with van der Waals surface area (Å²) >= 11 is 2.29. The van der Waals surface area contributed by atoms with Gasteiger partial charge in [0.1, 0.15) is 0 Å². The first kappa shape index (κ1) is 22.3. The van der Waals surface area contributed by atoms with E-state index >= 15 is 0 Å². The smallest absolute Gasteiger partial charge is 0.311 e. The molecule has 34 heavy (non-hydrogen) atoms. The topological polar surface area (TPSA) is 55.1 Å². The molecule has 1 aromatic heterocycles. The van der Waals surface area contributed by atoms with Crippen molar-refractivity contribution in [3.63, 3.8) is 0 Å². The summed E-state index contributed by atoms with van der Waals surface area (Å²) in [6, 6.07) is 32.3. The van der Waals surface area contributed by atoms with Gasteiger partial charge in [0, 0.05) is 15.6 Å². The quantitative estimate of drug-likeness (QED) is 0.228. The van der Waals surface area contributed by atoms with Crippen LogP contribution >= 0.6 is 22.6 Å². The van der Waals surface area contributed by atoms with Gasteiger partial charge in [0.25, 0.3) is 0 Å². The number of benzene rings is 4. The van der Waals surface area contributed by atoms with E-state index < -0.39 is 11.9 Å². The van der Waals surface area contributed by atoms with Gasteiger partial charge in [-0.15, -0.1) is 0 Å². The molecule has 0 aliphatic heterocycles. The van der Waals surface area contributed by atoms with Crippen LogP contribution in [0.2, 0.25) is 0 Å². The molecule has 0 amide bonds. The Kier molecular flexibility index (Phi) is 6.20. The van der Waals surface area contributed by atoms with E-state index in [1.807, 2.05) is 77.5 Å². The van der Waals surface area contributed by atoms with Gasteiger partial charge in [-0.1, -0.05) is 72.3 Å². The van der Waals surface area contributed by atoms with Crippen molar-refractivity contribution < 1.29 is 9.90 Å². The summed E-state index contributed by atoms with van der Waals surface area (Å²) in [6.45, 7) is 2.06. The van der Waals surface area contributed by atoms with E-state index in [2.05, 4.69) is 53.8 Å². The Morgan fingerprint density at radius 3 is 2.38 bits per heavy atom. The lowest BCUT2D eigenvalue weighted by Gasteiger charge is -2.14. The molecule has 1 N–H and O–H groups in total. The molecule has 1 atom stereocenters. The molecular formula is C29H23IN2O2. The lowest BCUT2D eigenvalue weighted by atomic mass is 9.90. The Hall–Kier alpha value is -3.45. The SMILES string of the molecule is Cc1ccc(-c2cc(CC(C(=O)O)c3cccc4ccccc34)nn2-c2ccc(I)cc2)cc1. The number of hydrogen-bond acceptors (Lipinski definition) is 2. The van der Waals surface area contributed by atoms with Gasteiger partial charge < -0.3 is 5.11 Å².